The van der Waals surface area contributed by atoms with Crippen molar-refractivity contribution in [2.75, 3.05) is 29.5 Å². The monoisotopic (exact) mass is 426 g/mol. The van der Waals surface area contributed by atoms with Crippen molar-refractivity contribution < 1.29 is 13.2 Å². The number of carbonyl (C=O) groups excluding carboxylic acids is 1. The van der Waals surface area contributed by atoms with E-state index in [1.807, 2.05) is 63.7 Å². The number of carbonyl (C=O) groups is 1. The fourth-order valence-electron chi connectivity index (χ4n) is 2.99. The molecule has 0 saturated carbocycles. The Kier molecular flexibility index (Phi) is 9.26. The van der Waals surface area contributed by atoms with Crippen LogP contribution in [0.3, 0.4) is 0 Å². The van der Waals surface area contributed by atoms with Gasteiger partial charge >= 0.3 is 6.03 Å². The fraction of sp³-hybridized carbons (Fsp3) is 0.667. The van der Waals surface area contributed by atoms with Crippen molar-refractivity contribution in [3.05, 3.63) is 23.8 Å². The second-order valence-corrected chi connectivity index (χ2v) is 10.2. The minimum Gasteiger partial charge on any atom is -0.377 e. The molecule has 2 N–H and O–H groups in total. The molecule has 0 aliphatic carbocycles. The van der Waals surface area contributed by atoms with E-state index in [-0.39, 0.29) is 29.8 Å². The molecule has 1 aromatic carbocycles. The van der Waals surface area contributed by atoms with Crippen molar-refractivity contribution in [2.45, 2.75) is 66.6 Å². The van der Waals surface area contributed by atoms with Gasteiger partial charge in [0.15, 0.2) is 0 Å². The van der Waals surface area contributed by atoms with E-state index in [0.29, 0.717) is 18.7 Å². The smallest absolute Gasteiger partial charge is 0.318 e. The molecule has 0 aliphatic heterocycles. The van der Waals surface area contributed by atoms with Crippen LogP contribution in [0.5, 0.6) is 0 Å². The molecule has 0 aliphatic rings. The van der Waals surface area contributed by atoms with Crippen LogP contribution in [0.1, 0.15) is 53.5 Å². The quantitative estimate of drug-likeness (QED) is 0.595. The maximum Gasteiger partial charge on any atom is 0.318 e. The van der Waals surface area contributed by atoms with Crippen LogP contribution in [0.2, 0.25) is 0 Å². The number of nitrogens with one attached hydrogen (secondary N) is 2. The van der Waals surface area contributed by atoms with Crippen molar-refractivity contribution in [3.63, 3.8) is 0 Å². The number of sulfonamides is 1. The summed E-state index contributed by atoms with van der Waals surface area (Å²) >= 11 is 0. The highest BCUT2D eigenvalue weighted by atomic mass is 32.2. The van der Waals surface area contributed by atoms with Crippen molar-refractivity contribution in [1.82, 2.24) is 10.2 Å². The molecule has 0 bridgehead atoms. The van der Waals surface area contributed by atoms with E-state index in [4.69, 9.17) is 0 Å². The zero-order chi connectivity index (χ0) is 22.4. The van der Waals surface area contributed by atoms with E-state index >= 15 is 0 Å². The second-order valence-electron chi connectivity index (χ2n) is 8.38. The van der Waals surface area contributed by atoms with Crippen LogP contribution in [0.4, 0.5) is 16.2 Å². The molecule has 7 nitrogen and oxygen atoms in total. The van der Waals surface area contributed by atoms with E-state index in [2.05, 4.69) is 23.9 Å². The second kappa shape index (κ2) is 10.7. The molecule has 1 rings (SSSR count). The minimum atomic E-state index is -3.38. The molecule has 166 valence electrons. The molecular formula is C21H38N4O3S. The Morgan fingerprint density at radius 2 is 1.72 bits per heavy atom. The zero-order valence-electron chi connectivity index (χ0n) is 19.1. The summed E-state index contributed by atoms with van der Waals surface area (Å²) in [5.74, 6) is 0.354. The largest absolute Gasteiger partial charge is 0.377 e. The molecule has 8 heteroatoms. The molecule has 0 heterocycles. The summed E-state index contributed by atoms with van der Waals surface area (Å²) in [5.41, 5.74) is 2.35. The standard InChI is InChI=1S/C21H38N4O3S/c1-9-12-29(27,28)23-19-10-11-20(24(7)8)18(13-19)14-25(17(6)15(2)3)21(26)22-16(4)5/h10-11,13,15-17,23H,9,12,14H2,1-8H3,(H,22,26). The first kappa shape index (κ1) is 25.1. The van der Waals surface area contributed by atoms with Gasteiger partial charge in [-0.15, -0.1) is 0 Å². The number of nitrogens with zero attached hydrogens (tertiary/aromatic N) is 2. The number of amides is 2. The first-order valence-electron chi connectivity index (χ1n) is 10.3. The van der Waals surface area contributed by atoms with Gasteiger partial charge in [0.05, 0.1) is 5.75 Å². The van der Waals surface area contributed by atoms with Crippen LogP contribution in [0.15, 0.2) is 18.2 Å². The van der Waals surface area contributed by atoms with Crippen LogP contribution in [0.25, 0.3) is 0 Å². The lowest BCUT2D eigenvalue weighted by atomic mass is 10.0. The molecule has 2 amide bonds. The number of hydrogen-bond acceptors (Lipinski definition) is 4. The van der Waals surface area contributed by atoms with Crippen LogP contribution in [-0.2, 0) is 16.6 Å². The summed E-state index contributed by atoms with van der Waals surface area (Å²) in [6.07, 6.45) is 0.549. The third kappa shape index (κ3) is 7.76. The highest BCUT2D eigenvalue weighted by Crippen LogP contribution is 2.27. The summed E-state index contributed by atoms with van der Waals surface area (Å²) in [4.78, 5) is 16.7. The Morgan fingerprint density at radius 3 is 2.21 bits per heavy atom. The molecule has 0 aromatic heterocycles. The molecule has 1 unspecified atom stereocenters. The summed E-state index contributed by atoms with van der Waals surface area (Å²) in [6.45, 7) is 12.3. The summed E-state index contributed by atoms with van der Waals surface area (Å²) < 4.78 is 27.0. The maximum absolute atomic E-state index is 12.9. The topological polar surface area (TPSA) is 81.8 Å². The van der Waals surface area contributed by atoms with Gasteiger partial charge in [0.25, 0.3) is 0 Å². The molecule has 0 radical (unpaired) electrons. The Labute approximate surface area is 176 Å². The van der Waals surface area contributed by atoms with E-state index in [1.54, 1.807) is 6.07 Å². The summed E-state index contributed by atoms with van der Waals surface area (Å²) in [6, 6.07) is 5.40. The molecular weight excluding hydrogens is 388 g/mol. The third-order valence-electron chi connectivity index (χ3n) is 4.78. The maximum atomic E-state index is 12.9. The highest BCUT2D eigenvalue weighted by Gasteiger charge is 2.25. The summed E-state index contributed by atoms with van der Waals surface area (Å²) in [7, 11) is 0.488. The predicted octanol–water partition coefficient (Wildman–Crippen LogP) is 3.87. The number of urea groups is 1. The van der Waals surface area contributed by atoms with Crippen molar-refractivity contribution in [2.24, 2.45) is 5.92 Å². The average molecular weight is 427 g/mol. The minimum absolute atomic E-state index is 0.0178. The van der Waals surface area contributed by atoms with Gasteiger partial charge < -0.3 is 15.1 Å². The fourth-order valence-corrected chi connectivity index (χ4v) is 4.11. The molecule has 1 atom stereocenters. The van der Waals surface area contributed by atoms with Gasteiger partial charge in [0.1, 0.15) is 0 Å². The molecule has 29 heavy (non-hydrogen) atoms. The van der Waals surface area contributed by atoms with Crippen LogP contribution >= 0.6 is 0 Å². The van der Waals surface area contributed by atoms with Crippen LogP contribution in [0, 0.1) is 5.92 Å². The van der Waals surface area contributed by atoms with E-state index < -0.39 is 10.0 Å². The lowest BCUT2D eigenvalue weighted by Crippen LogP contribution is -2.48. The SMILES string of the molecule is CCCS(=O)(=O)Nc1ccc(N(C)C)c(CN(C(=O)NC(C)C)C(C)C(C)C)c1. The zero-order valence-corrected chi connectivity index (χ0v) is 19.9. The van der Waals surface area contributed by atoms with Gasteiger partial charge in [-0.2, -0.15) is 0 Å². The first-order chi connectivity index (χ1) is 13.4. The number of hydrogen-bond donors (Lipinski definition) is 2. The Morgan fingerprint density at radius 1 is 1.10 bits per heavy atom. The summed E-state index contributed by atoms with van der Waals surface area (Å²) in [5, 5.41) is 2.98. The Bertz CT molecular complexity index is 776. The van der Waals surface area contributed by atoms with Crippen molar-refractivity contribution in [3.8, 4) is 0 Å². The van der Waals surface area contributed by atoms with Gasteiger partial charge in [-0.3, -0.25) is 4.72 Å². The molecule has 0 saturated heterocycles. The number of anilines is 2. The molecule has 0 fully saturated rings. The van der Waals surface area contributed by atoms with Crippen LogP contribution in [-0.4, -0.2) is 51.3 Å². The van der Waals surface area contributed by atoms with Gasteiger partial charge in [-0.25, -0.2) is 13.2 Å². The predicted molar refractivity (Wildman–Crippen MR) is 122 cm³/mol. The van der Waals surface area contributed by atoms with Crippen molar-refractivity contribution >= 4 is 27.4 Å². The van der Waals surface area contributed by atoms with Gasteiger partial charge in [-0.05, 0) is 56.9 Å². The lowest BCUT2D eigenvalue weighted by molar-refractivity contribution is 0.155. The van der Waals surface area contributed by atoms with Gasteiger partial charge in [-0.1, -0.05) is 20.8 Å². The van der Waals surface area contributed by atoms with E-state index in [0.717, 1.165) is 11.3 Å². The normalized spacial score (nSPS) is 12.8. The average Bonchev–Trinajstić information content (AvgIpc) is 2.57. The van der Waals surface area contributed by atoms with Gasteiger partial charge in [0.2, 0.25) is 10.0 Å². The van der Waals surface area contributed by atoms with Gasteiger partial charge in [0, 0.05) is 44.1 Å². The highest BCUT2D eigenvalue weighted by molar-refractivity contribution is 7.92. The number of benzene rings is 1. The number of rotatable bonds is 10. The molecule has 0 spiro atoms. The van der Waals surface area contributed by atoms with E-state index in [1.165, 1.54) is 0 Å². The van der Waals surface area contributed by atoms with E-state index in [9.17, 15) is 13.2 Å². The Balaban J connectivity index is 3.31. The Hall–Kier alpha value is -1.96. The third-order valence-corrected chi connectivity index (χ3v) is 6.27. The first-order valence-corrected chi connectivity index (χ1v) is 11.9. The van der Waals surface area contributed by atoms with Crippen molar-refractivity contribution in [1.29, 1.82) is 0 Å². The van der Waals surface area contributed by atoms with Crippen LogP contribution < -0.4 is 14.9 Å². The molecule has 1 aromatic rings. The lowest BCUT2D eigenvalue weighted by Gasteiger charge is -2.34.